The SMILES string of the molecule is CC(C)(C)c1csc(C23CC(CN(c4ccc5nnnn5c4)C2)O3)n1. The fourth-order valence-corrected chi connectivity index (χ4v) is 4.84. The largest absolute Gasteiger partial charge is 0.364 e. The van der Waals surface area contributed by atoms with E-state index in [-0.39, 0.29) is 17.1 Å². The van der Waals surface area contributed by atoms with Gasteiger partial charge in [0.1, 0.15) is 10.6 Å². The number of rotatable bonds is 2. The quantitative estimate of drug-likeness (QED) is 0.702. The minimum atomic E-state index is -0.271. The number of morpholine rings is 1. The maximum Gasteiger partial charge on any atom is 0.179 e. The molecule has 0 saturated carbocycles. The predicted octanol–water partition coefficient (Wildman–Crippen LogP) is 2.38. The van der Waals surface area contributed by atoms with E-state index in [1.807, 2.05) is 12.3 Å². The zero-order chi connectivity index (χ0) is 17.2. The zero-order valence-corrected chi connectivity index (χ0v) is 15.3. The summed E-state index contributed by atoms with van der Waals surface area (Å²) in [7, 11) is 0. The Labute approximate surface area is 149 Å². The van der Waals surface area contributed by atoms with Crippen LogP contribution in [0.4, 0.5) is 5.69 Å². The van der Waals surface area contributed by atoms with E-state index in [1.165, 1.54) is 0 Å². The highest BCUT2D eigenvalue weighted by Gasteiger charge is 2.54. The van der Waals surface area contributed by atoms with Crippen LogP contribution >= 0.6 is 11.3 Å². The number of piperidine rings is 1. The van der Waals surface area contributed by atoms with E-state index in [9.17, 15) is 0 Å². The molecule has 0 N–H and O–H groups in total. The fraction of sp³-hybridized carbons (Fsp3) is 0.529. The van der Waals surface area contributed by atoms with E-state index < -0.39 is 0 Å². The number of aromatic nitrogens is 5. The number of tetrazole rings is 1. The summed E-state index contributed by atoms with van der Waals surface area (Å²) < 4.78 is 7.97. The molecule has 0 spiro atoms. The minimum absolute atomic E-state index is 0.0635. The Balaban J connectivity index is 1.45. The molecule has 3 aliphatic heterocycles. The van der Waals surface area contributed by atoms with Gasteiger partial charge in [0.15, 0.2) is 5.65 Å². The molecule has 8 heteroatoms. The third kappa shape index (κ3) is 2.35. The summed E-state index contributed by atoms with van der Waals surface area (Å²) in [5.74, 6) is 0. The first-order valence-corrected chi connectivity index (χ1v) is 9.38. The molecule has 2 atom stereocenters. The van der Waals surface area contributed by atoms with Gasteiger partial charge in [-0.2, -0.15) is 4.52 Å². The van der Waals surface area contributed by atoms with Crippen molar-refractivity contribution in [2.45, 2.75) is 44.3 Å². The average molecular weight is 356 g/mol. The molecule has 3 aromatic heterocycles. The molecule has 0 radical (unpaired) electrons. The lowest BCUT2D eigenvalue weighted by Gasteiger charge is -2.55. The van der Waals surface area contributed by atoms with Gasteiger partial charge in [0.2, 0.25) is 0 Å². The molecular weight excluding hydrogens is 336 g/mol. The molecule has 0 amide bonds. The minimum Gasteiger partial charge on any atom is -0.364 e. The Bertz CT molecular complexity index is 936. The number of thiazole rings is 1. The summed E-state index contributed by atoms with van der Waals surface area (Å²) in [6, 6.07) is 4.02. The van der Waals surface area contributed by atoms with Gasteiger partial charge in [0.25, 0.3) is 0 Å². The first-order chi connectivity index (χ1) is 11.9. The smallest absolute Gasteiger partial charge is 0.179 e. The first-order valence-electron chi connectivity index (χ1n) is 8.50. The standard InChI is InChI=1S/C17H20N6OS/c1-16(2,3)13-9-25-15(18-13)17-6-12(24-17)8-22(10-17)11-4-5-14-19-20-21-23(14)7-11/h4-5,7,9,12H,6,8,10H2,1-3H3. The molecule has 7 nitrogen and oxygen atoms in total. The van der Waals surface area contributed by atoms with Crippen LogP contribution in [-0.4, -0.2) is 44.2 Å². The van der Waals surface area contributed by atoms with Crippen molar-refractivity contribution in [3.8, 4) is 0 Å². The van der Waals surface area contributed by atoms with E-state index in [0.717, 1.165) is 41.5 Å². The second-order valence-corrected chi connectivity index (χ2v) is 8.83. The van der Waals surface area contributed by atoms with Crippen LogP contribution in [0.15, 0.2) is 23.7 Å². The third-order valence-corrected chi connectivity index (χ3v) is 6.05. The van der Waals surface area contributed by atoms with Crippen molar-refractivity contribution in [3.05, 3.63) is 34.4 Å². The Kier molecular flexibility index (Phi) is 3.03. The van der Waals surface area contributed by atoms with Crippen LogP contribution in [0.3, 0.4) is 0 Å². The van der Waals surface area contributed by atoms with Gasteiger partial charge in [0.05, 0.1) is 30.2 Å². The first kappa shape index (κ1) is 15.2. The summed E-state index contributed by atoms with van der Waals surface area (Å²) in [5, 5.41) is 14.9. The van der Waals surface area contributed by atoms with Crippen molar-refractivity contribution < 1.29 is 4.74 Å². The number of hydrogen-bond donors (Lipinski definition) is 0. The zero-order valence-electron chi connectivity index (χ0n) is 14.5. The van der Waals surface area contributed by atoms with Gasteiger partial charge >= 0.3 is 0 Å². The molecule has 6 rings (SSSR count). The Morgan fingerprint density at radius 1 is 1.32 bits per heavy atom. The number of pyridine rings is 1. The van der Waals surface area contributed by atoms with Crippen molar-refractivity contribution in [1.29, 1.82) is 0 Å². The lowest BCUT2D eigenvalue weighted by molar-refractivity contribution is -0.222. The maximum atomic E-state index is 6.26. The molecule has 0 aromatic carbocycles. The van der Waals surface area contributed by atoms with Gasteiger partial charge in [-0.25, -0.2) is 4.98 Å². The Morgan fingerprint density at radius 2 is 2.16 bits per heavy atom. The number of hydrogen-bond acceptors (Lipinski definition) is 7. The molecule has 3 fully saturated rings. The third-order valence-electron chi connectivity index (χ3n) is 5.02. The van der Waals surface area contributed by atoms with Gasteiger partial charge in [-0.05, 0) is 22.6 Å². The van der Waals surface area contributed by atoms with E-state index in [2.05, 4.69) is 52.6 Å². The highest BCUT2D eigenvalue weighted by molar-refractivity contribution is 7.09. The Hall–Kier alpha value is -2.06. The topological polar surface area (TPSA) is 68.4 Å². The highest BCUT2D eigenvalue weighted by atomic mass is 32.1. The molecule has 2 unspecified atom stereocenters. The summed E-state index contributed by atoms with van der Waals surface area (Å²) >= 11 is 1.72. The molecule has 6 heterocycles. The van der Waals surface area contributed by atoms with Crippen molar-refractivity contribution >= 4 is 22.7 Å². The van der Waals surface area contributed by atoms with E-state index in [4.69, 9.17) is 9.72 Å². The van der Waals surface area contributed by atoms with Crippen LogP contribution in [0.5, 0.6) is 0 Å². The van der Waals surface area contributed by atoms with Crippen LogP contribution in [-0.2, 0) is 15.8 Å². The van der Waals surface area contributed by atoms with Crippen LogP contribution in [0.2, 0.25) is 0 Å². The number of fused-ring (bicyclic) bond motifs is 3. The van der Waals surface area contributed by atoms with Crippen LogP contribution in [0, 0.1) is 0 Å². The number of ether oxygens (including phenoxy) is 1. The lowest BCUT2D eigenvalue weighted by atomic mass is 9.84. The second kappa shape index (κ2) is 4.98. The number of nitrogens with zero attached hydrogens (tertiary/aromatic N) is 6. The van der Waals surface area contributed by atoms with Gasteiger partial charge in [-0.1, -0.05) is 20.8 Å². The maximum absolute atomic E-state index is 6.26. The molecule has 3 aliphatic rings. The molecule has 3 aromatic rings. The van der Waals surface area contributed by atoms with Crippen LogP contribution in [0.1, 0.15) is 37.9 Å². The van der Waals surface area contributed by atoms with Gasteiger partial charge in [0, 0.05) is 23.8 Å². The van der Waals surface area contributed by atoms with Crippen molar-refractivity contribution in [3.63, 3.8) is 0 Å². The summed E-state index contributed by atoms with van der Waals surface area (Å²) in [6.07, 6.45) is 3.30. The van der Waals surface area contributed by atoms with Crippen molar-refractivity contribution in [2.75, 3.05) is 18.0 Å². The summed E-state index contributed by atoms with van der Waals surface area (Å²) in [5.41, 5.74) is 2.80. The lowest BCUT2D eigenvalue weighted by Crippen LogP contribution is -2.64. The molecule has 25 heavy (non-hydrogen) atoms. The molecular formula is C17H20N6OS. The van der Waals surface area contributed by atoms with Gasteiger partial charge in [-0.15, -0.1) is 16.4 Å². The molecule has 3 saturated heterocycles. The van der Waals surface area contributed by atoms with Crippen molar-refractivity contribution in [2.24, 2.45) is 0 Å². The molecule has 130 valence electrons. The van der Waals surface area contributed by atoms with E-state index in [0.29, 0.717) is 0 Å². The van der Waals surface area contributed by atoms with Gasteiger partial charge < -0.3 is 9.64 Å². The second-order valence-electron chi connectivity index (χ2n) is 7.98. The van der Waals surface area contributed by atoms with Crippen LogP contribution < -0.4 is 4.90 Å². The Morgan fingerprint density at radius 3 is 2.92 bits per heavy atom. The number of anilines is 1. The highest BCUT2D eigenvalue weighted by Crippen LogP contribution is 2.48. The fourth-order valence-electron chi connectivity index (χ4n) is 3.65. The molecule has 2 bridgehead atoms. The average Bonchev–Trinajstić information content (AvgIpc) is 3.22. The normalized spacial score (nSPS) is 26.0. The van der Waals surface area contributed by atoms with Crippen molar-refractivity contribution in [1.82, 2.24) is 25.0 Å². The van der Waals surface area contributed by atoms with Crippen LogP contribution in [0.25, 0.3) is 5.65 Å². The van der Waals surface area contributed by atoms with E-state index in [1.54, 1.807) is 15.9 Å². The summed E-state index contributed by atoms with van der Waals surface area (Å²) in [4.78, 5) is 7.27. The van der Waals surface area contributed by atoms with E-state index >= 15 is 0 Å². The summed E-state index contributed by atoms with van der Waals surface area (Å²) in [6.45, 7) is 8.30. The van der Waals surface area contributed by atoms with Gasteiger partial charge in [-0.3, -0.25) is 0 Å². The monoisotopic (exact) mass is 356 g/mol. The molecule has 0 aliphatic carbocycles. The predicted molar refractivity (Wildman–Crippen MR) is 95.0 cm³/mol.